The minimum absolute atomic E-state index is 0.769. The lowest BCUT2D eigenvalue weighted by atomic mass is 10.0. The Morgan fingerprint density at radius 3 is 1.91 bits per heavy atom. The molecule has 0 bridgehead atoms. The molecule has 0 aliphatic rings. The van der Waals surface area contributed by atoms with E-state index in [4.69, 9.17) is 0 Å². The summed E-state index contributed by atoms with van der Waals surface area (Å²) in [4.78, 5) is 10.4. The van der Waals surface area contributed by atoms with Gasteiger partial charge >= 0.3 is 0 Å². The molecule has 0 N–H and O–H groups in total. The van der Waals surface area contributed by atoms with Crippen molar-refractivity contribution >= 4 is 6.29 Å². The third kappa shape index (κ3) is 1.48. The van der Waals surface area contributed by atoms with E-state index in [0.717, 1.165) is 11.8 Å². The second kappa shape index (κ2) is 2.87. The van der Waals surface area contributed by atoms with E-state index < -0.39 is 0 Å². The van der Waals surface area contributed by atoms with E-state index in [1.807, 2.05) is 26.0 Å². The minimum atomic E-state index is 0.769. The van der Waals surface area contributed by atoms with Crippen LogP contribution in [0.1, 0.15) is 27.0 Å². The quantitative estimate of drug-likeness (QED) is 0.559. The molecule has 0 amide bonds. The molecule has 0 saturated carbocycles. The number of hydrogen-bond donors (Lipinski definition) is 0. The molecular formula is C10H12O. The van der Waals surface area contributed by atoms with E-state index in [1.165, 1.54) is 16.7 Å². The lowest BCUT2D eigenvalue weighted by Gasteiger charge is -2.04. The molecule has 0 aliphatic heterocycles. The van der Waals surface area contributed by atoms with Gasteiger partial charge in [-0.1, -0.05) is 0 Å². The second-order valence-electron chi connectivity index (χ2n) is 2.90. The first-order valence-electron chi connectivity index (χ1n) is 3.68. The molecule has 0 unspecified atom stereocenters. The smallest absolute Gasteiger partial charge is 0.150 e. The normalized spacial score (nSPS) is 9.73. The van der Waals surface area contributed by atoms with Gasteiger partial charge in [-0.25, -0.2) is 0 Å². The van der Waals surface area contributed by atoms with Gasteiger partial charge in [0, 0.05) is 5.56 Å². The zero-order chi connectivity index (χ0) is 8.43. The zero-order valence-electron chi connectivity index (χ0n) is 7.14. The number of hydrogen-bond acceptors (Lipinski definition) is 1. The standard InChI is InChI=1S/C10H12O/c1-7-4-10(6-11)5-8(2)9(7)3/h4-6H,1-3H3. The highest BCUT2D eigenvalue weighted by Gasteiger charge is 1.98. The second-order valence-corrected chi connectivity index (χ2v) is 2.90. The van der Waals surface area contributed by atoms with Gasteiger partial charge in [-0.15, -0.1) is 0 Å². The molecule has 58 valence electrons. The van der Waals surface area contributed by atoms with Gasteiger partial charge in [0.25, 0.3) is 0 Å². The molecule has 0 atom stereocenters. The van der Waals surface area contributed by atoms with E-state index in [0.29, 0.717) is 0 Å². The largest absolute Gasteiger partial charge is 0.298 e. The fraction of sp³-hybridized carbons (Fsp3) is 0.300. The maximum absolute atomic E-state index is 10.4. The van der Waals surface area contributed by atoms with Gasteiger partial charge in [0.1, 0.15) is 6.29 Å². The summed E-state index contributed by atoms with van der Waals surface area (Å²) in [5.74, 6) is 0. The lowest BCUT2D eigenvalue weighted by molar-refractivity contribution is 0.112. The Morgan fingerprint density at radius 1 is 1.09 bits per heavy atom. The number of benzene rings is 1. The average Bonchev–Trinajstić information content (AvgIpc) is 1.99. The fourth-order valence-electron chi connectivity index (χ4n) is 1.14. The summed E-state index contributed by atoms with van der Waals surface area (Å²) in [6, 6.07) is 3.82. The van der Waals surface area contributed by atoms with Crippen LogP contribution in [0.25, 0.3) is 0 Å². The maximum atomic E-state index is 10.4. The first-order chi connectivity index (χ1) is 5.15. The van der Waals surface area contributed by atoms with Crippen LogP contribution in [0.5, 0.6) is 0 Å². The van der Waals surface area contributed by atoms with Crippen molar-refractivity contribution in [2.45, 2.75) is 20.8 Å². The van der Waals surface area contributed by atoms with Gasteiger partial charge in [0.05, 0.1) is 0 Å². The number of rotatable bonds is 1. The average molecular weight is 148 g/mol. The van der Waals surface area contributed by atoms with Gasteiger partial charge in [-0.05, 0) is 49.6 Å². The van der Waals surface area contributed by atoms with Crippen LogP contribution in [-0.4, -0.2) is 6.29 Å². The van der Waals surface area contributed by atoms with Crippen LogP contribution in [0, 0.1) is 20.8 Å². The third-order valence-electron chi connectivity index (χ3n) is 2.09. The van der Waals surface area contributed by atoms with Gasteiger partial charge in [0.2, 0.25) is 0 Å². The molecule has 1 aromatic carbocycles. The van der Waals surface area contributed by atoms with Crippen molar-refractivity contribution in [2.75, 3.05) is 0 Å². The van der Waals surface area contributed by atoms with Gasteiger partial charge in [0.15, 0.2) is 0 Å². The highest BCUT2D eigenvalue weighted by molar-refractivity contribution is 5.75. The third-order valence-corrected chi connectivity index (χ3v) is 2.09. The first kappa shape index (κ1) is 7.99. The predicted octanol–water partition coefficient (Wildman–Crippen LogP) is 2.42. The molecule has 11 heavy (non-hydrogen) atoms. The molecule has 0 fully saturated rings. The molecule has 1 rings (SSSR count). The van der Waals surface area contributed by atoms with Crippen LogP contribution >= 0.6 is 0 Å². The predicted molar refractivity (Wildman–Crippen MR) is 46.0 cm³/mol. The lowest BCUT2D eigenvalue weighted by Crippen LogP contribution is -1.89. The van der Waals surface area contributed by atoms with Gasteiger partial charge in [-0.2, -0.15) is 0 Å². The Kier molecular flexibility index (Phi) is 2.08. The zero-order valence-corrected chi connectivity index (χ0v) is 7.14. The molecule has 0 aromatic heterocycles. The fourth-order valence-corrected chi connectivity index (χ4v) is 1.14. The molecular weight excluding hydrogens is 136 g/mol. The Hall–Kier alpha value is -1.11. The van der Waals surface area contributed by atoms with E-state index in [2.05, 4.69) is 6.92 Å². The van der Waals surface area contributed by atoms with Gasteiger partial charge < -0.3 is 0 Å². The summed E-state index contributed by atoms with van der Waals surface area (Å²) in [5, 5.41) is 0. The van der Waals surface area contributed by atoms with Crippen molar-refractivity contribution in [3.8, 4) is 0 Å². The Bertz CT molecular complexity index is 264. The molecule has 1 nitrogen and oxygen atoms in total. The monoisotopic (exact) mass is 148 g/mol. The summed E-state index contributed by atoms with van der Waals surface area (Å²) in [6.07, 6.45) is 0.888. The van der Waals surface area contributed by atoms with E-state index in [1.54, 1.807) is 0 Å². The maximum Gasteiger partial charge on any atom is 0.150 e. The summed E-state index contributed by atoms with van der Waals surface area (Å²) >= 11 is 0. The van der Waals surface area contributed by atoms with Crippen molar-refractivity contribution in [2.24, 2.45) is 0 Å². The SMILES string of the molecule is Cc1cc(C=O)cc(C)c1C. The number of aldehydes is 1. The highest BCUT2D eigenvalue weighted by Crippen LogP contribution is 2.13. The van der Waals surface area contributed by atoms with Crippen molar-refractivity contribution in [3.05, 3.63) is 34.4 Å². The Morgan fingerprint density at radius 2 is 1.55 bits per heavy atom. The number of aryl methyl sites for hydroxylation is 2. The molecule has 1 aromatic rings. The Labute approximate surface area is 67.1 Å². The topological polar surface area (TPSA) is 17.1 Å². The van der Waals surface area contributed by atoms with Crippen LogP contribution in [0.3, 0.4) is 0 Å². The van der Waals surface area contributed by atoms with Crippen LogP contribution in [0.4, 0.5) is 0 Å². The van der Waals surface area contributed by atoms with Crippen LogP contribution in [-0.2, 0) is 0 Å². The summed E-state index contributed by atoms with van der Waals surface area (Å²) < 4.78 is 0. The summed E-state index contributed by atoms with van der Waals surface area (Å²) in [6.45, 7) is 6.11. The minimum Gasteiger partial charge on any atom is -0.298 e. The molecule has 0 aliphatic carbocycles. The van der Waals surface area contributed by atoms with E-state index in [9.17, 15) is 4.79 Å². The van der Waals surface area contributed by atoms with E-state index in [-0.39, 0.29) is 0 Å². The van der Waals surface area contributed by atoms with Gasteiger partial charge in [-0.3, -0.25) is 4.79 Å². The number of carbonyl (C=O) groups is 1. The Balaban J connectivity index is 3.31. The van der Waals surface area contributed by atoms with Crippen LogP contribution in [0.15, 0.2) is 12.1 Å². The van der Waals surface area contributed by atoms with Crippen molar-refractivity contribution in [3.63, 3.8) is 0 Å². The van der Waals surface area contributed by atoms with Crippen molar-refractivity contribution in [1.82, 2.24) is 0 Å². The number of carbonyl (C=O) groups excluding carboxylic acids is 1. The highest BCUT2D eigenvalue weighted by atomic mass is 16.1. The van der Waals surface area contributed by atoms with Crippen molar-refractivity contribution in [1.29, 1.82) is 0 Å². The first-order valence-corrected chi connectivity index (χ1v) is 3.68. The molecule has 0 spiro atoms. The van der Waals surface area contributed by atoms with Crippen LogP contribution < -0.4 is 0 Å². The summed E-state index contributed by atoms with van der Waals surface area (Å²) in [7, 11) is 0. The molecule has 0 heterocycles. The molecule has 1 heteroatoms. The molecule has 0 saturated heterocycles. The van der Waals surface area contributed by atoms with Crippen molar-refractivity contribution < 1.29 is 4.79 Å². The summed E-state index contributed by atoms with van der Waals surface area (Å²) in [5.41, 5.74) is 4.42. The van der Waals surface area contributed by atoms with Crippen LogP contribution in [0.2, 0.25) is 0 Å². The molecule has 0 radical (unpaired) electrons. The van der Waals surface area contributed by atoms with E-state index >= 15 is 0 Å².